The smallest absolute Gasteiger partial charge is 0.123 e. The molecule has 0 spiro atoms. The molecule has 2 atom stereocenters. The largest absolute Gasteiger partial charge is 0.468 e. The molecule has 0 radical (unpaired) electrons. The van der Waals surface area contributed by atoms with Crippen LogP contribution in [0.25, 0.3) is 0 Å². The van der Waals surface area contributed by atoms with Crippen LogP contribution in [0.15, 0.2) is 16.7 Å². The molecule has 0 aromatic carbocycles. The Balaban J connectivity index is 1.83. The topological polar surface area (TPSA) is 34.4 Å². The van der Waals surface area contributed by atoms with E-state index in [2.05, 4.69) is 19.2 Å². The second-order valence-electron chi connectivity index (χ2n) is 5.26. The van der Waals surface area contributed by atoms with Gasteiger partial charge in [-0.25, -0.2) is 0 Å². The lowest BCUT2D eigenvalue weighted by Crippen LogP contribution is -2.25. The molecule has 1 heterocycles. The second-order valence-corrected chi connectivity index (χ2v) is 5.26. The van der Waals surface area contributed by atoms with Gasteiger partial charge >= 0.3 is 0 Å². The molecule has 1 fully saturated rings. The van der Waals surface area contributed by atoms with Crippen molar-refractivity contribution in [2.45, 2.75) is 58.8 Å². The summed E-state index contributed by atoms with van der Waals surface area (Å²) in [6, 6.07) is 2.03. The number of hydrogen-bond acceptors (Lipinski definition) is 3. The normalized spacial score (nSPS) is 24.3. The lowest BCUT2D eigenvalue weighted by Gasteiger charge is -2.28. The van der Waals surface area contributed by atoms with Crippen LogP contribution >= 0.6 is 0 Å². The molecule has 1 aromatic heterocycles. The lowest BCUT2D eigenvalue weighted by atomic mass is 9.88. The van der Waals surface area contributed by atoms with Gasteiger partial charge in [0.1, 0.15) is 5.76 Å². The molecule has 0 aliphatic heterocycles. The summed E-state index contributed by atoms with van der Waals surface area (Å²) in [6.45, 7) is 6.84. The van der Waals surface area contributed by atoms with Gasteiger partial charge in [-0.05, 0) is 31.4 Å². The van der Waals surface area contributed by atoms with E-state index in [1.54, 1.807) is 6.26 Å². The molecule has 1 aliphatic rings. The van der Waals surface area contributed by atoms with Gasteiger partial charge in [0, 0.05) is 5.56 Å². The summed E-state index contributed by atoms with van der Waals surface area (Å²) in [5, 5.41) is 3.29. The van der Waals surface area contributed by atoms with Gasteiger partial charge in [0.2, 0.25) is 0 Å². The molecular weight excluding hydrogens is 226 g/mol. The standard InChI is InChI=1S/C15H25NO2/c1-3-16-10-15-13(8-9-17-15)11-18-14-7-5-4-6-12(14)2/h8-9,12,14,16H,3-7,10-11H2,1-2H3. The van der Waals surface area contributed by atoms with Crippen molar-refractivity contribution in [3.05, 3.63) is 23.7 Å². The van der Waals surface area contributed by atoms with Crippen LogP contribution in [-0.4, -0.2) is 12.6 Å². The van der Waals surface area contributed by atoms with E-state index in [9.17, 15) is 0 Å². The SMILES string of the molecule is CCNCc1occc1COC1CCCCC1C. The quantitative estimate of drug-likeness (QED) is 0.840. The maximum atomic E-state index is 6.07. The summed E-state index contributed by atoms with van der Waals surface area (Å²) in [6.07, 6.45) is 7.38. The molecule has 2 unspecified atom stereocenters. The number of ether oxygens (including phenoxy) is 1. The van der Waals surface area contributed by atoms with E-state index in [1.807, 2.05) is 6.07 Å². The molecule has 0 saturated heterocycles. The Kier molecular flexibility index (Phi) is 5.26. The van der Waals surface area contributed by atoms with Crippen LogP contribution in [0, 0.1) is 5.92 Å². The molecule has 3 nitrogen and oxygen atoms in total. The molecule has 1 saturated carbocycles. The summed E-state index contributed by atoms with van der Waals surface area (Å²) in [5.74, 6) is 1.71. The molecule has 0 amide bonds. The highest BCUT2D eigenvalue weighted by atomic mass is 16.5. The zero-order valence-electron chi connectivity index (χ0n) is 11.6. The van der Waals surface area contributed by atoms with Gasteiger partial charge in [-0.15, -0.1) is 0 Å². The Labute approximate surface area is 110 Å². The van der Waals surface area contributed by atoms with Crippen LogP contribution in [0.1, 0.15) is 50.9 Å². The van der Waals surface area contributed by atoms with Crippen molar-refractivity contribution in [3.63, 3.8) is 0 Å². The first kappa shape index (κ1) is 13.6. The second kappa shape index (κ2) is 6.95. The fourth-order valence-corrected chi connectivity index (χ4v) is 2.62. The minimum Gasteiger partial charge on any atom is -0.468 e. The first-order valence-corrected chi connectivity index (χ1v) is 7.18. The Morgan fingerprint density at radius 1 is 1.39 bits per heavy atom. The predicted octanol–water partition coefficient (Wildman–Crippen LogP) is 3.48. The van der Waals surface area contributed by atoms with Gasteiger partial charge in [-0.2, -0.15) is 0 Å². The van der Waals surface area contributed by atoms with Crippen LogP contribution < -0.4 is 5.32 Å². The number of hydrogen-bond donors (Lipinski definition) is 1. The van der Waals surface area contributed by atoms with Gasteiger partial charge in [-0.3, -0.25) is 0 Å². The highest BCUT2D eigenvalue weighted by Crippen LogP contribution is 2.27. The zero-order valence-corrected chi connectivity index (χ0v) is 11.6. The Morgan fingerprint density at radius 2 is 2.22 bits per heavy atom. The maximum Gasteiger partial charge on any atom is 0.123 e. The molecule has 18 heavy (non-hydrogen) atoms. The highest BCUT2D eigenvalue weighted by molar-refractivity contribution is 5.15. The minimum atomic E-state index is 0.431. The molecule has 1 aliphatic carbocycles. The van der Waals surface area contributed by atoms with Crippen molar-refractivity contribution in [2.75, 3.05) is 6.54 Å². The van der Waals surface area contributed by atoms with E-state index in [0.29, 0.717) is 18.6 Å². The third kappa shape index (κ3) is 3.59. The average molecular weight is 251 g/mol. The summed E-state index contributed by atoms with van der Waals surface area (Å²) < 4.78 is 11.6. The monoisotopic (exact) mass is 251 g/mol. The summed E-state index contributed by atoms with van der Waals surface area (Å²) in [7, 11) is 0. The van der Waals surface area contributed by atoms with E-state index >= 15 is 0 Å². The van der Waals surface area contributed by atoms with E-state index in [1.165, 1.54) is 31.2 Å². The third-order valence-electron chi connectivity index (χ3n) is 3.86. The van der Waals surface area contributed by atoms with Crippen molar-refractivity contribution in [1.29, 1.82) is 0 Å². The average Bonchev–Trinajstić information content (AvgIpc) is 2.83. The lowest BCUT2D eigenvalue weighted by molar-refractivity contribution is -0.0159. The molecule has 0 bridgehead atoms. The third-order valence-corrected chi connectivity index (χ3v) is 3.86. The molecule has 3 heteroatoms. The van der Waals surface area contributed by atoms with E-state index in [4.69, 9.17) is 9.15 Å². The zero-order chi connectivity index (χ0) is 12.8. The minimum absolute atomic E-state index is 0.431. The Morgan fingerprint density at radius 3 is 3.00 bits per heavy atom. The fraction of sp³-hybridized carbons (Fsp3) is 0.733. The summed E-state index contributed by atoms with van der Waals surface area (Å²) in [5.41, 5.74) is 1.19. The van der Waals surface area contributed by atoms with Crippen molar-refractivity contribution < 1.29 is 9.15 Å². The van der Waals surface area contributed by atoms with Crippen molar-refractivity contribution >= 4 is 0 Å². The molecule has 2 rings (SSSR count). The van der Waals surface area contributed by atoms with E-state index in [0.717, 1.165) is 18.8 Å². The van der Waals surface area contributed by atoms with Crippen LogP contribution in [0.4, 0.5) is 0 Å². The van der Waals surface area contributed by atoms with Crippen molar-refractivity contribution in [1.82, 2.24) is 5.32 Å². The number of nitrogens with one attached hydrogen (secondary N) is 1. The van der Waals surface area contributed by atoms with Crippen LogP contribution in [-0.2, 0) is 17.9 Å². The van der Waals surface area contributed by atoms with Gasteiger partial charge in [0.25, 0.3) is 0 Å². The highest BCUT2D eigenvalue weighted by Gasteiger charge is 2.22. The molecule has 102 valence electrons. The van der Waals surface area contributed by atoms with Crippen LogP contribution in [0.2, 0.25) is 0 Å². The van der Waals surface area contributed by atoms with Gasteiger partial charge < -0.3 is 14.5 Å². The van der Waals surface area contributed by atoms with Crippen LogP contribution in [0.5, 0.6) is 0 Å². The van der Waals surface area contributed by atoms with Gasteiger partial charge in [0.15, 0.2) is 0 Å². The fourth-order valence-electron chi connectivity index (χ4n) is 2.62. The van der Waals surface area contributed by atoms with Crippen molar-refractivity contribution in [3.8, 4) is 0 Å². The van der Waals surface area contributed by atoms with Crippen molar-refractivity contribution in [2.24, 2.45) is 5.92 Å². The molecular formula is C15H25NO2. The molecule has 1 aromatic rings. The summed E-state index contributed by atoms with van der Waals surface area (Å²) in [4.78, 5) is 0. The Bertz CT molecular complexity index is 348. The number of furan rings is 1. The van der Waals surface area contributed by atoms with E-state index in [-0.39, 0.29) is 0 Å². The molecule has 1 N–H and O–H groups in total. The maximum absolute atomic E-state index is 6.07. The summed E-state index contributed by atoms with van der Waals surface area (Å²) >= 11 is 0. The van der Waals surface area contributed by atoms with Gasteiger partial charge in [0.05, 0.1) is 25.5 Å². The van der Waals surface area contributed by atoms with E-state index < -0.39 is 0 Å². The number of rotatable bonds is 6. The Hall–Kier alpha value is -0.800. The first-order chi connectivity index (χ1) is 8.81. The first-order valence-electron chi connectivity index (χ1n) is 7.18. The predicted molar refractivity (Wildman–Crippen MR) is 72.3 cm³/mol. The van der Waals surface area contributed by atoms with Crippen LogP contribution in [0.3, 0.4) is 0 Å². The van der Waals surface area contributed by atoms with Gasteiger partial charge in [-0.1, -0.05) is 26.7 Å².